The van der Waals surface area contributed by atoms with Crippen molar-refractivity contribution in [1.82, 2.24) is 5.32 Å². The lowest BCUT2D eigenvalue weighted by Gasteiger charge is -2.09. The highest BCUT2D eigenvalue weighted by Crippen LogP contribution is 2.18. The highest BCUT2D eigenvalue weighted by molar-refractivity contribution is 9.10. The Morgan fingerprint density at radius 1 is 1.37 bits per heavy atom. The summed E-state index contributed by atoms with van der Waals surface area (Å²) >= 11 is 5.05. The fourth-order valence-electron chi connectivity index (χ4n) is 1.65. The van der Waals surface area contributed by atoms with E-state index in [0.717, 1.165) is 14.9 Å². The van der Waals surface area contributed by atoms with Crippen LogP contribution in [-0.2, 0) is 4.79 Å². The van der Waals surface area contributed by atoms with E-state index >= 15 is 0 Å². The maximum atomic E-state index is 11.8. The van der Waals surface area contributed by atoms with Gasteiger partial charge >= 0.3 is 0 Å². The third-order valence-electron chi connectivity index (χ3n) is 2.60. The first kappa shape index (κ1) is 14.0. The summed E-state index contributed by atoms with van der Waals surface area (Å²) in [5.74, 6) is -0.0825. The Hall–Kier alpha value is -1.39. The van der Waals surface area contributed by atoms with Gasteiger partial charge in [-0.05, 0) is 42.1 Å². The molecule has 0 aliphatic rings. The zero-order valence-corrected chi connectivity index (χ0v) is 12.9. The van der Waals surface area contributed by atoms with Crippen molar-refractivity contribution in [2.75, 3.05) is 0 Å². The van der Waals surface area contributed by atoms with E-state index in [1.54, 1.807) is 23.5 Å². The first-order valence-electron chi connectivity index (χ1n) is 5.93. The molecule has 0 bridgehead atoms. The third kappa shape index (κ3) is 4.33. The van der Waals surface area contributed by atoms with Gasteiger partial charge in [-0.15, -0.1) is 11.3 Å². The van der Waals surface area contributed by atoms with Crippen molar-refractivity contribution in [3.63, 3.8) is 0 Å². The summed E-state index contributed by atoms with van der Waals surface area (Å²) in [7, 11) is 0. The van der Waals surface area contributed by atoms with Gasteiger partial charge in [0.1, 0.15) is 0 Å². The van der Waals surface area contributed by atoms with E-state index in [9.17, 15) is 4.79 Å². The molecule has 4 heteroatoms. The molecule has 1 heterocycles. The molecule has 1 aromatic carbocycles. The number of rotatable bonds is 4. The smallest absolute Gasteiger partial charge is 0.244 e. The predicted molar refractivity (Wildman–Crippen MR) is 84.1 cm³/mol. The van der Waals surface area contributed by atoms with E-state index in [-0.39, 0.29) is 11.9 Å². The summed E-state index contributed by atoms with van der Waals surface area (Å²) in [5.41, 5.74) is 0.994. The molecule has 2 rings (SSSR count). The number of nitrogens with one attached hydrogen (secondary N) is 1. The van der Waals surface area contributed by atoms with Crippen LogP contribution in [0.25, 0.3) is 6.08 Å². The van der Waals surface area contributed by atoms with Crippen molar-refractivity contribution in [1.29, 1.82) is 0 Å². The summed E-state index contributed by atoms with van der Waals surface area (Å²) in [6.07, 6.45) is 3.37. The summed E-state index contributed by atoms with van der Waals surface area (Å²) in [5, 5.41) is 4.95. The van der Waals surface area contributed by atoms with Crippen molar-refractivity contribution in [3.8, 4) is 0 Å². The first-order valence-corrected chi connectivity index (χ1v) is 7.60. The predicted octanol–water partition coefficient (Wildman–Crippen LogP) is 4.40. The Morgan fingerprint density at radius 2 is 2.21 bits per heavy atom. The normalized spacial score (nSPS) is 12.5. The number of benzene rings is 1. The third-order valence-corrected chi connectivity index (χ3v) is 4.15. The topological polar surface area (TPSA) is 29.1 Å². The lowest BCUT2D eigenvalue weighted by Crippen LogP contribution is -2.23. The number of thiophene rings is 1. The van der Waals surface area contributed by atoms with E-state index in [1.807, 2.05) is 48.7 Å². The Labute approximate surface area is 125 Å². The molecule has 0 radical (unpaired) electrons. The zero-order chi connectivity index (χ0) is 13.7. The van der Waals surface area contributed by atoms with Crippen molar-refractivity contribution in [2.24, 2.45) is 0 Å². The molecule has 0 fully saturated rings. The maximum Gasteiger partial charge on any atom is 0.244 e. The SMILES string of the molecule is CC(NC(=O)C=Cc1cccc(Br)c1)c1cccs1. The Bertz CT molecular complexity index is 578. The highest BCUT2D eigenvalue weighted by atomic mass is 79.9. The molecule has 1 N–H and O–H groups in total. The Balaban J connectivity index is 1.94. The van der Waals surface area contributed by atoms with E-state index in [1.165, 1.54) is 0 Å². The highest BCUT2D eigenvalue weighted by Gasteiger charge is 2.07. The van der Waals surface area contributed by atoms with Crippen LogP contribution in [0, 0.1) is 0 Å². The summed E-state index contributed by atoms with van der Waals surface area (Å²) in [6, 6.07) is 11.9. The number of hydrogen-bond donors (Lipinski definition) is 1. The molecule has 1 atom stereocenters. The van der Waals surface area contributed by atoms with Crippen LogP contribution in [0.2, 0.25) is 0 Å². The minimum absolute atomic E-state index is 0.0414. The fourth-order valence-corrected chi connectivity index (χ4v) is 2.80. The Kier molecular flexibility index (Phi) is 4.93. The van der Waals surface area contributed by atoms with Gasteiger partial charge < -0.3 is 5.32 Å². The lowest BCUT2D eigenvalue weighted by atomic mass is 10.2. The van der Waals surface area contributed by atoms with Crippen LogP contribution in [0.1, 0.15) is 23.4 Å². The molecular weight excluding hydrogens is 322 g/mol. The van der Waals surface area contributed by atoms with Gasteiger partial charge in [-0.25, -0.2) is 0 Å². The molecule has 0 aliphatic heterocycles. The second kappa shape index (κ2) is 6.68. The van der Waals surface area contributed by atoms with Gasteiger partial charge in [0.25, 0.3) is 0 Å². The van der Waals surface area contributed by atoms with Crippen molar-refractivity contribution in [3.05, 3.63) is 62.8 Å². The average Bonchev–Trinajstić information content (AvgIpc) is 2.90. The largest absolute Gasteiger partial charge is 0.345 e. The van der Waals surface area contributed by atoms with Crippen molar-refractivity contribution in [2.45, 2.75) is 13.0 Å². The molecule has 98 valence electrons. The van der Waals surface area contributed by atoms with Crippen LogP contribution in [0.4, 0.5) is 0 Å². The second-order valence-electron chi connectivity index (χ2n) is 4.13. The van der Waals surface area contributed by atoms with Crippen LogP contribution < -0.4 is 5.32 Å². The molecule has 0 spiro atoms. The van der Waals surface area contributed by atoms with E-state index in [4.69, 9.17) is 0 Å². The van der Waals surface area contributed by atoms with E-state index in [2.05, 4.69) is 21.2 Å². The number of halogens is 1. The van der Waals surface area contributed by atoms with Crippen LogP contribution in [-0.4, -0.2) is 5.91 Å². The number of amides is 1. The van der Waals surface area contributed by atoms with Crippen molar-refractivity contribution >= 4 is 39.2 Å². The molecule has 1 unspecified atom stereocenters. The molecule has 2 nitrogen and oxygen atoms in total. The number of carbonyl (C=O) groups excluding carboxylic acids is 1. The molecular formula is C15H14BrNOS. The van der Waals surface area contributed by atoms with Gasteiger partial charge in [0.2, 0.25) is 5.91 Å². The molecule has 0 saturated carbocycles. The van der Waals surface area contributed by atoms with Gasteiger partial charge in [-0.3, -0.25) is 4.79 Å². The molecule has 2 aromatic rings. The van der Waals surface area contributed by atoms with Crippen LogP contribution in [0.15, 0.2) is 52.3 Å². The van der Waals surface area contributed by atoms with Crippen LogP contribution in [0.5, 0.6) is 0 Å². The fraction of sp³-hybridized carbons (Fsp3) is 0.133. The van der Waals surface area contributed by atoms with Gasteiger partial charge in [0, 0.05) is 15.4 Å². The Morgan fingerprint density at radius 3 is 2.89 bits per heavy atom. The number of hydrogen-bond acceptors (Lipinski definition) is 2. The van der Waals surface area contributed by atoms with Crippen LogP contribution in [0.3, 0.4) is 0 Å². The lowest BCUT2D eigenvalue weighted by molar-refractivity contribution is -0.117. The zero-order valence-electron chi connectivity index (χ0n) is 10.5. The summed E-state index contributed by atoms with van der Waals surface area (Å²) in [4.78, 5) is 13.0. The summed E-state index contributed by atoms with van der Waals surface area (Å²) in [6.45, 7) is 1.98. The van der Waals surface area contributed by atoms with Crippen molar-refractivity contribution < 1.29 is 4.79 Å². The van der Waals surface area contributed by atoms with Gasteiger partial charge in [0.05, 0.1) is 6.04 Å². The standard InChI is InChI=1S/C15H14BrNOS/c1-11(14-6-3-9-19-14)17-15(18)8-7-12-4-2-5-13(16)10-12/h2-11H,1H3,(H,17,18). The summed E-state index contributed by atoms with van der Waals surface area (Å²) < 4.78 is 1.00. The first-order chi connectivity index (χ1) is 9.15. The molecule has 0 saturated heterocycles. The monoisotopic (exact) mass is 335 g/mol. The van der Waals surface area contributed by atoms with Gasteiger partial charge in [0.15, 0.2) is 0 Å². The minimum atomic E-state index is -0.0825. The number of carbonyl (C=O) groups is 1. The molecule has 0 aliphatic carbocycles. The van der Waals surface area contributed by atoms with Gasteiger partial charge in [-0.1, -0.05) is 34.1 Å². The van der Waals surface area contributed by atoms with E-state index < -0.39 is 0 Å². The van der Waals surface area contributed by atoms with Gasteiger partial charge in [-0.2, -0.15) is 0 Å². The quantitative estimate of drug-likeness (QED) is 0.824. The second-order valence-corrected chi connectivity index (χ2v) is 6.03. The molecule has 19 heavy (non-hydrogen) atoms. The minimum Gasteiger partial charge on any atom is -0.345 e. The van der Waals surface area contributed by atoms with Crippen LogP contribution >= 0.6 is 27.3 Å². The molecule has 1 amide bonds. The average molecular weight is 336 g/mol. The molecule has 1 aromatic heterocycles. The maximum absolute atomic E-state index is 11.8. The van der Waals surface area contributed by atoms with E-state index in [0.29, 0.717) is 0 Å².